The van der Waals surface area contributed by atoms with E-state index in [1.54, 1.807) is 0 Å². The smallest absolute Gasteiger partial charge is 0.334 e. The molecule has 4 atom stereocenters. The molecule has 1 saturated heterocycles. The summed E-state index contributed by atoms with van der Waals surface area (Å²) in [4.78, 5) is 11.8. The summed E-state index contributed by atoms with van der Waals surface area (Å²) in [5.41, 5.74) is -0.550. The van der Waals surface area contributed by atoms with Crippen LogP contribution in [0, 0.1) is 23.7 Å². The summed E-state index contributed by atoms with van der Waals surface area (Å²) in [7, 11) is 0. The monoisotopic (exact) mass is 324 g/mol. The van der Waals surface area contributed by atoms with E-state index in [1.807, 2.05) is 0 Å². The minimum atomic E-state index is -0.550. The SMILES string of the molecule is O=C(COCC1C2CC3CC(C2)CC1(O)C3)OC1CCCCO1. The van der Waals surface area contributed by atoms with Crippen LogP contribution in [-0.4, -0.2) is 42.8 Å². The molecular weight excluding hydrogens is 296 g/mol. The first-order valence-corrected chi connectivity index (χ1v) is 9.23. The van der Waals surface area contributed by atoms with E-state index in [9.17, 15) is 9.90 Å². The molecule has 4 bridgehead atoms. The second-order valence-corrected chi connectivity index (χ2v) is 8.12. The Labute approximate surface area is 137 Å². The Kier molecular flexibility index (Phi) is 4.37. The maximum Gasteiger partial charge on any atom is 0.334 e. The quantitative estimate of drug-likeness (QED) is 0.786. The number of aliphatic hydroxyl groups is 1. The van der Waals surface area contributed by atoms with Gasteiger partial charge < -0.3 is 19.3 Å². The number of carbonyl (C=O) groups is 1. The van der Waals surface area contributed by atoms with Crippen molar-refractivity contribution in [3.05, 3.63) is 0 Å². The van der Waals surface area contributed by atoms with Gasteiger partial charge in [-0.3, -0.25) is 0 Å². The van der Waals surface area contributed by atoms with Gasteiger partial charge in [-0.1, -0.05) is 0 Å². The fourth-order valence-electron chi connectivity index (χ4n) is 5.65. The van der Waals surface area contributed by atoms with Gasteiger partial charge in [0.1, 0.15) is 6.61 Å². The van der Waals surface area contributed by atoms with Crippen LogP contribution in [0.5, 0.6) is 0 Å². The van der Waals surface area contributed by atoms with E-state index in [4.69, 9.17) is 14.2 Å². The molecule has 5 aliphatic rings. The van der Waals surface area contributed by atoms with Crippen molar-refractivity contribution in [1.29, 1.82) is 0 Å². The molecule has 5 fully saturated rings. The number of ether oxygens (including phenoxy) is 3. The highest BCUT2D eigenvalue weighted by Crippen LogP contribution is 2.58. The van der Waals surface area contributed by atoms with Crippen molar-refractivity contribution in [1.82, 2.24) is 0 Å². The molecule has 0 aromatic rings. The van der Waals surface area contributed by atoms with Gasteiger partial charge in [-0.2, -0.15) is 0 Å². The number of esters is 1. The molecule has 23 heavy (non-hydrogen) atoms. The zero-order valence-electron chi connectivity index (χ0n) is 13.7. The first kappa shape index (κ1) is 15.9. The van der Waals surface area contributed by atoms with Crippen LogP contribution in [0.15, 0.2) is 0 Å². The minimum Gasteiger partial charge on any atom is -0.434 e. The predicted molar refractivity (Wildman–Crippen MR) is 82.5 cm³/mol. The second kappa shape index (κ2) is 6.34. The molecule has 1 aliphatic heterocycles. The summed E-state index contributed by atoms with van der Waals surface area (Å²) in [6.07, 6.45) is 8.07. The Morgan fingerprint density at radius 3 is 2.61 bits per heavy atom. The van der Waals surface area contributed by atoms with Crippen LogP contribution in [-0.2, 0) is 19.0 Å². The average Bonchev–Trinajstić information content (AvgIpc) is 2.50. The fourth-order valence-corrected chi connectivity index (χ4v) is 5.65. The van der Waals surface area contributed by atoms with Crippen LogP contribution in [0.25, 0.3) is 0 Å². The fraction of sp³-hybridized carbons (Fsp3) is 0.944. The Bertz CT molecular complexity index is 431. The van der Waals surface area contributed by atoms with Crippen molar-refractivity contribution in [2.24, 2.45) is 23.7 Å². The van der Waals surface area contributed by atoms with E-state index >= 15 is 0 Å². The van der Waals surface area contributed by atoms with Crippen molar-refractivity contribution in [2.45, 2.75) is 63.3 Å². The van der Waals surface area contributed by atoms with Crippen LogP contribution >= 0.6 is 0 Å². The van der Waals surface area contributed by atoms with Crippen LogP contribution in [0.3, 0.4) is 0 Å². The summed E-state index contributed by atoms with van der Waals surface area (Å²) in [6.45, 7) is 1.10. The molecule has 0 aromatic carbocycles. The molecule has 0 amide bonds. The summed E-state index contributed by atoms with van der Waals surface area (Å²) in [6, 6.07) is 0. The van der Waals surface area contributed by atoms with E-state index in [2.05, 4.69) is 0 Å². The summed E-state index contributed by atoms with van der Waals surface area (Å²) in [5.74, 6) is 1.83. The van der Waals surface area contributed by atoms with Crippen molar-refractivity contribution in [3.63, 3.8) is 0 Å². The van der Waals surface area contributed by atoms with Crippen molar-refractivity contribution in [2.75, 3.05) is 19.8 Å². The van der Waals surface area contributed by atoms with E-state index in [1.165, 1.54) is 19.3 Å². The van der Waals surface area contributed by atoms with Crippen molar-refractivity contribution in [3.8, 4) is 0 Å². The Hall–Kier alpha value is -0.650. The van der Waals surface area contributed by atoms with Crippen LogP contribution in [0.1, 0.15) is 51.4 Å². The van der Waals surface area contributed by atoms with Gasteiger partial charge in [0.25, 0.3) is 0 Å². The Morgan fingerprint density at radius 2 is 1.96 bits per heavy atom. The topological polar surface area (TPSA) is 65.0 Å². The van der Waals surface area contributed by atoms with Gasteiger partial charge in [0.2, 0.25) is 6.29 Å². The van der Waals surface area contributed by atoms with E-state index in [-0.39, 0.29) is 18.5 Å². The maximum absolute atomic E-state index is 11.8. The highest BCUT2D eigenvalue weighted by Gasteiger charge is 2.56. The minimum absolute atomic E-state index is 0.0357. The van der Waals surface area contributed by atoms with Crippen molar-refractivity contribution < 1.29 is 24.1 Å². The average molecular weight is 324 g/mol. The molecule has 4 aliphatic carbocycles. The lowest BCUT2D eigenvalue weighted by Crippen LogP contribution is -2.58. The third-order valence-electron chi connectivity index (χ3n) is 6.40. The summed E-state index contributed by atoms with van der Waals surface area (Å²) in [5, 5.41) is 11.0. The lowest BCUT2D eigenvalue weighted by molar-refractivity contribution is -0.201. The molecular formula is C18H28O5. The summed E-state index contributed by atoms with van der Waals surface area (Å²) >= 11 is 0. The third-order valence-corrected chi connectivity index (χ3v) is 6.40. The van der Waals surface area contributed by atoms with Gasteiger partial charge in [0.15, 0.2) is 0 Å². The first-order valence-electron chi connectivity index (χ1n) is 9.23. The molecule has 0 radical (unpaired) electrons. The molecule has 4 unspecified atom stereocenters. The lowest BCUT2D eigenvalue weighted by atomic mass is 9.50. The van der Waals surface area contributed by atoms with Gasteiger partial charge in [0.05, 0.1) is 18.8 Å². The molecule has 130 valence electrons. The Morgan fingerprint density at radius 1 is 1.17 bits per heavy atom. The number of rotatable bonds is 5. The predicted octanol–water partition coefficient (Wildman–Crippen LogP) is 2.26. The van der Waals surface area contributed by atoms with Crippen LogP contribution in [0.4, 0.5) is 0 Å². The molecule has 5 rings (SSSR count). The highest BCUT2D eigenvalue weighted by atomic mass is 16.7. The molecule has 5 nitrogen and oxygen atoms in total. The van der Waals surface area contributed by atoms with E-state index in [0.29, 0.717) is 31.0 Å². The van der Waals surface area contributed by atoms with Gasteiger partial charge in [-0.05, 0) is 62.7 Å². The molecule has 1 N–H and O–H groups in total. The highest BCUT2D eigenvalue weighted by molar-refractivity contribution is 5.70. The molecule has 4 saturated carbocycles. The number of hydrogen-bond donors (Lipinski definition) is 1. The third kappa shape index (κ3) is 3.28. The van der Waals surface area contributed by atoms with E-state index in [0.717, 1.165) is 32.1 Å². The molecule has 5 heteroatoms. The van der Waals surface area contributed by atoms with Gasteiger partial charge in [-0.25, -0.2) is 4.79 Å². The molecule has 0 spiro atoms. The van der Waals surface area contributed by atoms with Crippen LogP contribution in [0.2, 0.25) is 0 Å². The summed E-state index contributed by atoms with van der Waals surface area (Å²) < 4.78 is 16.3. The maximum atomic E-state index is 11.8. The number of carbonyl (C=O) groups excluding carboxylic acids is 1. The largest absolute Gasteiger partial charge is 0.434 e. The zero-order valence-corrected chi connectivity index (χ0v) is 13.7. The van der Waals surface area contributed by atoms with Gasteiger partial charge in [0, 0.05) is 12.3 Å². The van der Waals surface area contributed by atoms with E-state index < -0.39 is 11.9 Å². The molecule has 0 aromatic heterocycles. The van der Waals surface area contributed by atoms with Gasteiger partial charge in [-0.15, -0.1) is 0 Å². The first-order chi connectivity index (χ1) is 11.1. The number of hydrogen-bond acceptors (Lipinski definition) is 5. The Balaban J connectivity index is 1.24. The second-order valence-electron chi connectivity index (χ2n) is 8.12. The molecule has 1 heterocycles. The lowest BCUT2D eigenvalue weighted by Gasteiger charge is -2.58. The van der Waals surface area contributed by atoms with Crippen molar-refractivity contribution >= 4 is 5.97 Å². The zero-order chi connectivity index (χ0) is 15.9. The normalized spacial score (nSPS) is 45.2. The standard InChI is InChI=1S/C18H28O5/c19-16(23-17-3-1-2-4-22-17)11-21-10-15-14-6-12-5-13(7-14)9-18(15,20)8-12/h12-15,17,20H,1-11H2. The van der Waals surface area contributed by atoms with Gasteiger partial charge >= 0.3 is 5.97 Å². The van der Waals surface area contributed by atoms with Crippen LogP contribution < -0.4 is 0 Å².